The van der Waals surface area contributed by atoms with E-state index in [1.807, 2.05) is 35.8 Å². The number of methoxy groups -OCH3 is 1. The van der Waals surface area contributed by atoms with Crippen molar-refractivity contribution < 1.29 is 14.3 Å². The average molecular weight is 305 g/mol. The number of para-hydroxylation sites is 2. The molecule has 2 rings (SSSR count). The van der Waals surface area contributed by atoms with Crippen LogP contribution in [0, 0.1) is 0 Å². The minimum absolute atomic E-state index is 0.0138. The fraction of sp³-hybridized carbons (Fsp3) is 0.500. The number of aromatic nitrogens is 2. The number of benzene rings is 1. The van der Waals surface area contributed by atoms with E-state index in [9.17, 15) is 4.79 Å². The van der Waals surface area contributed by atoms with Crippen LogP contribution in [0.4, 0.5) is 0 Å². The Bertz CT molecular complexity index is 597. The van der Waals surface area contributed by atoms with Crippen LogP contribution in [0.3, 0.4) is 0 Å². The summed E-state index contributed by atoms with van der Waals surface area (Å²) in [7, 11) is 1.64. The quantitative estimate of drug-likeness (QED) is 0.717. The molecule has 1 unspecified atom stereocenters. The maximum Gasteiger partial charge on any atom is 0.242 e. The Labute approximate surface area is 130 Å². The standard InChI is InChI=1S/C16H23N3O3/c1-13(16(20)17-8-5-9-22-11-10-21-2)19-12-18-14-6-3-4-7-15(14)19/h3-4,6-7,12-13H,5,8-11H2,1-2H3,(H,17,20). The molecule has 1 aromatic heterocycles. The minimum Gasteiger partial charge on any atom is -0.382 e. The predicted molar refractivity (Wildman–Crippen MR) is 84.8 cm³/mol. The molecule has 0 aliphatic rings. The maximum atomic E-state index is 12.2. The SMILES string of the molecule is COCCOCCCNC(=O)C(C)n1cnc2ccccc21. The number of nitrogens with one attached hydrogen (secondary N) is 1. The van der Waals surface area contributed by atoms with Gasteiger partial charge in [-0.3, -0.25) is 4.79 Å². The van der Waals surface area contributed by atoms with Crippen LogP contribution in [0.2, 0.25) is 0 Å². The van der Waals surface area contributed by atoms with Crippen LogP contribution < -0.4 is 5.32 Å². The summed E-state index contributed by atoms with van der Waals surface area (Å²) >= 11 is 0. The number of carbonyl (C=O) groups excluding carboxylic acids is 1. The fourth-order valence-electron chi connectivity index (χ4n) is 2.19. The normalized spacial score (nSPS) is 12.5. The van der Waals surface area contributed by atoms with E-state index >= 15 is 0 Å². The number of rotatable bonds is 9. The van der Waals surface area contributed by atoms with Crippen molar-refractivity contribution in [1.29, 1.82) is 0 Å². The monoisotopic (exact) mass is 305 g/mol. The molecule has 1 N–H and O–H groups in total. The van der Waals surface area contributed by atoms with Crippen molar-refractivity contribution in [2.75, 3.05) is 33.5 Å². The molecule has 0 radical (unpaired) electrons. The molecule has 120 valence electrons. The van der Waals surface area contributed by atoms with E-state index in [0.29, 0.717) is 26.4 Å². The van der Waals surface area contributed by atoms with E-state index < -0.39 is 0 Å². The lowest BCUT2D eigenvalue weighted by molar-refractivity contribution is -0.123. The van der Waals surface area contributed by atoms with Crippen LogP contribution >= 0.6 is 0 Å². The van der Waals surface area contributed by atoms with E-state index in [1.165, 1.54) is 0 Å². The Hall–Kier alpha value is -1.92. The fourth-order valence-corrected chi connectivity index (χ4v) is 2.19. The van der Waals surface area contributed by atoms with Crippen LogP contribution in [-0.2, 0) is 14.3 Å². The van der Waals surface area contributed by atoms with Crippen molar-refractivity contribution in [3.05, 3.63) is 30.6 Å². The van der Waals surface area contributed by atoms with Crippen LogP contribution in [-0.4, -0.2) is 48.9 Å². The number of hydrogen-bond acceptors (Lipinski definition) is 4. The van der Waals surface area contributed by atoms with Crippen molar-refractivity contribution in [3.63, 3.8) is 0 Å². The zero-order valence-electron chi connectivity index (χ0n) is 13.1. The van der Waals surface area contributed by atoms with Gasteiger partial charge in [-0.25, -0.2) is 4.98 Å². The second-order valence-corrected chi connectivity index (χ2v) is 5.07. The van der Waals surface area contributed by atoms with E-state index in [4.69, 9.17) is 9.47 Å². The van der Waals surface area contributed by atoms with Crippen LogP contribution in [0.15, 0.2) is 30.6 Å². The second-order valence-electron chi connectivity index (χ2n) is 5.07. The molecule has 0 aliphatic heterocycles. The molecule has 1 aromatic carbocycles. The molecule has 6 nitrogen and oxygen atoms in total. The highest BCUT2D eigenvalue weighted by Crippen LogP contribution is 2.17. The van der Waals surface area contributed by atoms with Crippen molar-refractivity contribution in [2.45, 2.75) is 19.4 Å². The summed E-state index contributed by atoms with van der Waals surface area (Å²) in [5.74, 6) is -0.0138. The first-order valence-electron chi connectivity index (χ1n) is 7.50. The number of nitrogens with zero attached hydrogens (tertiary/aromatic N) is 2. The summed E-state index contributed by atoms with van der Waals surface area (Å²) < 4.78 is 12.1. The Morgan fingerprint density at radius 1 is 1.32 bits per heavy atom. The van der Waals surface area contributed by atoms with E-state index in [0.717, 1.165) is 17.5 Å². The molecule has 22 heavy (non-hydrogen) atoms. The highest BCUT2D eigenvalue weighted by Gasteiger charge is 2.16. The summed E-state index contributed by atoms with van der Waals surface area (Å²) in [5, 5.41) is 2.93. The third-order valence-electron chi connectivity index (χ3n) is 3.47. The Morgan fingerprint density at radius 3 is 2.95 bits per heavy atom. The van der Waals surface area contributed by atoms with Crippen LogP contribution in [0.1, 0.15) is 19.4 Å². The zero-order chi connectivity index (χ0) is 15.8. The van der Waals surface area contributed by atoms with Crippen molar-refractivity contribution in [2.24, 2.45) is 0 Å². The number of carbonyl (C=O) groups is 1. The second kappa shape index (κ2) is 8.51. The van der Waals surface area contributed by atoms with Gasteiger partial charge in [0, 0.05) is 20.3 Å². The van der Waals surface area contributed by atoms with Gasteiger partial charge in [-0.15, -0.1) is 0 Å². The van der Waals surface area contributed by atoms with Gasteiger partial charge in [0.25, 0.3) is 0 Å². The average Bonchev–Trinajstić information content (AvgIpc) is 2.97. The number of hydrogen-bond donors (Lipinski definition) is 1. The molecule has 2 aromatic rings. The van der Waals surface area contributed by atoms with Gasteiger partial charge >= 0.3 is 0 Å². The molecule has 0 saturated heterocycles. The van der Waals surface area contributed by atoms with Crippen molar-refractivity contribution in [3.8, 4) is 0 Å². The molecule has 0 saturated carbocycles. The topological polar surface area (TPSA) is 65.4 Å². The highest BCUT2D eigenvalue weighted by molar-refractivity contribution is 5.83. The summed E-state index contributed by atoms with van der Waals surface area (Å²) in [4.78, 5) is 16.5. The van der Waals surface area contributed by atoms with Crippen molar-refractivity contribution >= 4 is 16.9 Å². The van der Waals surface area contributed by atoms with Crippen LogP contribution in [0.5, 0.6) is 0 Å². The lowest BCUT2D eigenvalue weighted by atomic mass is 10.2. The lowest BCUT2D eigenvalue weighted by Gasteiger charge is -2.14. The summed E-state index contributed by atoms with van der Waals surface area (Å²) in [5.41, 5.74) is 1.86. The smallest absolute Gasteiger partial charge is 0.242 e. The summed E-state index contributed by atoms with van der Waals surface area (Å²) in [6.45, 7) is 4.27. The first kappa shape index (κ1) is 16.5. The first-order valence-corrected chi connectivity index (χ1v) is 7.50. The molecular formula is C16H23N3O3. The molecule has 0 fully saturated rings. The lowest BCUT2D eigenvalue weighted by Crippen LogP contribution is -2.32. The Balaban J connectivity index is 1.78. The van der Waals surface area contributed by atoms with Crippen molar-refractivity contribution in [1.82, 2.24) is 14.9 Å². The van der Waals surface area contributed by atoms with Crippen LogP contribution in [0.25, 0.3) is 11.0 Å². The van der Waals surface area contributed by atoms with E-state index in [2.05, 4.69) is 10.3 Å². The van der Waals surface area contributed by atoms with Gasteiger partial charge in [0.2, 0.25) is 5.91 Å². The predicted octanol–water partition coefficient (Wildman–Crippen LogP) is 1.77. The molecule has 1 amide bonds. The summed E-state index contributed by atoms with van der Waals surface area (Å²) in [6, 6.07) is 7.50. The third-order valence-corrected chi connectivity index (χ3v) is 3.47. The van der Waals surface area contributed by atoms with E-state index in [1.54, 1.807) is 13.4 Å². The largest absolute Gasteiger partial charge is 0.382 e. The Morgan fingerprint density at radius 2 is 2.14 bits per heavy atom. The molecule has 6 heteroatoms. The van der Waals surface area contributed by atoms with Gasteiger partial charge in [0.1, 0.15) is 6.04 Å². The molecule has 0 spiro atoms. The van der Waals surface area contributed by atoms with Gasteiger partial charge in [-0.1, -0.05) is 12.1 Å². The number of imidazole rings is 1. The molecule has 1 atom stereocenters. The Kier molecular flexibility index (Phi) is 6.36. The minimum atomic E-state index is -0.290. The van der Waals surface area contributed by atoms with E-state index in [-0.39, 0.29) is 11.9 Å². The first-order chi connectivity index (χ1) is 10.7. The van der Waals surface area contributed by atoms with Gasteiger partial charge in [0.05, 0.1) is 30.6 Å². The number of amides is 1. The highest BCUT2D eigenvalue weighted by atomic mass is 16.5. The molecule has 0 aliphatic carbocycles. The van der Waals surface area contributed by atoms with Gasteiger partial charge < -0.3 is 19.4 Å². The third kappa shape index (κ3) is 4.29. The maximum absolute atomic E-state index is 12.2. The van der Waals surface area contributed by atoms with Gasteiger partial charge in [0.15, 0.2) is 0 Å². The number of ether oxygens (including phenoxy) is 2. The van der Waals surface area contributed by atoms with Gasteiger partial charge in [-0.05, 0) is 25.5 Å². The molecule has 1 heterocycles. The molecule has 0 bridgehead atoms. The molecular weight excluding hydrogens is 282 g/mol. The van der Waals surface area contributed by atoms with Gasteiger partial charge in [-0.2, -0.15) is 0 Å². The summed E-state index contributed by atoms with van der Waals surface area (Å²) in [6.07, 6.45) is 2.50. The zero-order valence-corrected chi connectivity index (χ0v) is 13.1. The number of fused-ring (bicyclic) bond motifs is 1.